The summed E-state index contributed by atoms with van der Waals surface area (Å²) in [6.07, 6.45) is 1.15. The highest BCUT2D eigenvalue weighted by Gasteiger charge is 2.24. The highest BCUT2D eigenvalue weighted by Crippen LogP contribution is 2.31. The van der Waals surface area contributed by atoms with Crippen molar-refractivity contribution in [3.63, 3.8) is 0 Å². The topological polar surface area (TPSA) is 42.0 Å². The van der Waals surface area contributed by atoms with Crippen molar-refractivity contribution < 1.29 is 14.3 Å². The highest BCUT2D eigenvalue weighted by molar-refractivity contribution is 5.76. The lowest BCUT2D eigenvalue weighted by Gasteiger charge is -2.35. The first-order valence-electron chi connectivity index (χ1n) is 9.70. The lowest BCUT2D eigenvalue weighted by Crippen LogP contribution is -2.48. The summed E-state index contributed by atoms with van der Waals surface area (Å²) in [5, 5.41) is 0. The first-order chi connectivity index (χ1) is 13.3. The van der Waals surface area contributed by atoms with Crippen LogP contribution in [0, 0.1) is 0 Å². The largest absolute Gasteiger partial charge is 0.486 e. The number of para-hydroxylation sites is 2. The van der Waals surface area contributed by atoms with E-state index in [1.54, 1.807) is 0 Å². The molecule has 27 heavy (non-hydrogen) atoms. The minimum Gasteiger partial charge on any atom is -0.486 e. The standard InChI is InChI=1S/C22H26N2O3/c25-22(11-10-19-17-26-20-8-4-5-9-21(20)27-19)24-14-12-23(13-15-24)16-18-6-2-1-3-7-18/h1-9,19H,10-17H2. The molecule has 2 aromatic carbocycles. The molecule has 1 fully saturated rings. The van der Waals surface area contributed by atoms with Gasteiger partial charge in [-0.25, -0.2) is 0 Å². The molecule has 0 saturated carbocycles. The molecule has 5 heteroatoms. The van der Waals surface area contributed by atoms with E-state index in [-0.39, 0.29) is 12.0 Å². The van der Waals surface area contributed by atoms with Gasteiger partial charge in [0.25, 0.3) is 0 Å². The van der Waals surface area contributed by atoms with Crippen molar-refractivity contribution in [3.8, 4) is 11.5 Å². The van der Waals surface area contributed by atoms with Crippen LogP contribution in [0.1, 0.15) is 18.4 Å². The lowest BCUT2D eigenvalue weighted by atomic mass is 10.1. The molecule has 0 spiro atoms. The van der Waals surface area contributed by atoms with Gasteiger partial charge in [-0.1, -0.05) is 42.5 Å². The van der Waals surface area contributed by atoms with Gasteiger partial charge in [-0.2, -0.15) is 0 Å². The third-order valence-electron chi connectivity index (χ3n) is 5.22. The third-order valence-corrected chi connectivity index (χ3v) is 5.22. The Hall–Kier alpha value is -2.53. The molecule has 2 aromatic rings. The summed E-state index contributed by atoms with van der Waals surface area (Å²) in [7, 11) is 0. The fraction of sp³-hybridized carbons (Fsp3) is 0.409. The fourth-order valence-electron chi connectivity index (χ4n) is 3.64. The summed E-state index contributed by atoms with van der Waals surface area (Å²) in [5.74, 6) is 1.78. The van der Waals surface area contributed by atoms with Crippen LogP contribution in [0.25, 0.3) is 0 Å². The van der Waals surface area contributed by atoms with E-state index in [4.69, 9.17) is 9.47 Å². The van der Waals surface area contributed by atoms with Crippen molar-refractivity contribution in [1.82, 2.24) is 9.80 Å². The number of carbonyl (C=O) groups is 1. The molecule has 1 amide bonds. The van der Waals surface area contributed by atoms with Crippen molar-refractivity contribution in [3.05, 3.63) is 60.2 Å². The Kier molecular flexibility index (Phi) is 5.58. The number of carbonyl (C=O) groups excluding carboxylic acids is 1. The smallest absolute Gasteiger partial charge is 0.222 e. The SMILES string of the molecule is O=C(CCC1COc2ccccc2O1)N1CCN(Cc2ccccc2)CC1. The summed E-state index contributed by atoms with van der Waals surface area (Å²) in [6.45, 7) is 4.92. The Morgan fingerprint density at radius 3 is 2.41 bits per heavy atom. The molecule has 0 aromatic heterocycles. The van der Waals surface area contributed by atoms with Gasteiger partial charge in [0.1, 0.15) is 12.7 Å². The van der Waals surface area contributed by atoms with Crippen LogP contribution in [-0.2, 0) is 11.3 Å². The molecular weight excluding hydrogens is 340 g/mol. The molecule has 1 saturated heterocycles. The average Bonchev–Trinajstić information content (AvgIpc) is 2.73. The minimum atomic E-state index is -0.0526. The normalized spacial score (nSPS) is 19.7. The maximum atomic E-state index is 12.6. The van der Waals surface area contributed by atoms with Crippen LogP contribution in [-0.4, -0.2) is 54.6 Å². The van der Waals surface area contributed by atoms with E-state index in [1.165, 1.54) is 5.56 Å². The second kappa shape index (κ2) is 8.44. The molecule has 1 unspecified atom stereocenters. The Morgan fingerprint density at radius 1 is 0.926 bits per heavy atom. The van der Waals surface area contributed by atoms with Crippen molar-refractivity contribution >= 4 is 5.91 Å². The van der Waals surface area contributed by atoms with Crippen LogP contribution in [0.2, 0.25) is 0 Å². The summed E-state index contributed by atoms with van der Waals surface area (Å²) >= 11 is 0. The molecule has 0 aliphatic carbocycles. The summed E-state index contributed by atoms with van der Waals surface area (Å²) < 4.78 is 11.7. The van der Waals surface area contributed by atoms with E-state index >= 15 is 0 Å². The fourth-order valence-corrected chi connectivity index (χ4v) is 3.64. The van der Waals surface area contributed by atoms with Crippen molar-refractivity contribution in [1.29, 1.82) is 0 Å². The summed E-state index contributed by atoms with van der Waals surface area (Å²) in [5.41, 5.74) is 1.33. The molecule has 0 bridgehead atoms. The van der Waals surface area contributed by atoms with Gasteiger partial charge < -0.3 is 14.4 Å². The molecular formula is C22H26N2O3. The van der Waals surface area contributed by atoms with Gasteiger partial charge in [-0.15, -0.1) is 0 Å². The van der Waals surface area contributed by atoms with Crippen molar-refractivity contribution in [2.24, 2.45) is 0 Å². The second-order valence-electron chi connectivity index (χ2n) is 7.18. The predicted molar refractivity (Wildman–Crippen MR) is 104 cm³/mol. The number of piperazine rings is 1. The van der Waals surface area contributed by atoms with E-state index in [2.05, 4.69) is 29.2 Å². The van der Waals surface area contributed by atoms with Gasteiger partial charge in [-0.05, 0) is 24.1 Å². The van der Waals surface area contributed by atoms with E-state index in [0.29, 0.717) is 19.4 Å². The number of nitrogens with zero attached hydrogens (tertiary/aromatic N) is 2. The first kappa shape index (κ1) is 17.9. The number of ether oxygens (including phenoxy) is 2. The molecule has 2 aliphatic heterocycles. The molecule has 2 heterocycles. The number of hydrogen-bond donors (Lipinski definition) is 0. The maximum absolute atomic E-state index is 12.6. The molecule has 4 rings (SSSR count). The lowest BCUT2D eigenvalue weighted by molar-refractivity contribution is -0.133. The molecule has 142 valence electrons. The second-order valence-corrected chi connectivity index (χ2v) is 7.18. The first-order valence-corrected chi connectivity index (χ1v) is 9.70. The maximum Gasteiger partial charge on any atom is 0.222 e. The summed E-state index contributed by atoms with van der Waals surface area (Å²) in [4.78, 5) is 17.0. The molecule has 0 radical (unpaired) electrons. The van der Waals surface area contributed by atoms with Crippen LogP contribution < -0.4 is 9.47 Å². The van der Waals surface area contributed by atoms with Crippen molar-refractivity contribution in [2.75, 3.05) is 32.8 Å². The molecule has 1 atom stereocenters. The number of benzene rings is 2. The number of hydrogen-bond acceptors (Lipinski definition) is 4. The highest BCUT2D eigenvalue weighted by atomic mass is 16.6. The van der Waals surface area contributed by atoms with Gasteiger partial charge in [0.2, 0.25) is 5.91 Å². The molecule has 2 aliphatic rings. The molecule has 5 nitrogen and oxygen atoms in total. The molecule has 0 N–H and O–H groups in total. The average molecular weight is 366 g/mol. The Morgan fingerprint density at radius 2 is 1.63 bits per heavy atom. The third kappa shape index (κ3) is 4.61. The van der Waals surface area contributed by atoms with E-state index in [0.717, 1.165) is 44.2 Å². The van der Waals surface area contributed by atoms with Crippen LogP contribution >= 0.6 is 0 Å². The zero-order valence-corrected chi connectivity index (χ0v) is 15.5. The minimum absolute atomic E-state index is 0.0526. The van der Waals surface area contributed by atoms with Gasteiger partial charge in [0.05, 0.1) is 0 Å². The Balaban J connectivity index is 1.20. The van der Waals surface area contributed by atoms with E-state index in [1.807, 2.05) is 35.2 Å². The Labute approximate surface area is 160 Å². The van der Waals surface area contributed by atoms with Gasteiger partial charge in [0, 0.05) is 39.1 Å². The van der Waals surface area contributed by atoms with Crippen LogP contribution in [0.5, 0.6) is 11.5 Å². The Bertz CT molecular complexity index is 757. The zero-order valence-electron chi connectivity index (χ0n) is 15.5. The van der Waals surface area contributed by atoms with Crippen LogP contribution in [0.15, 0.2) is 54.6 Å². The number of rotatable bonds is 5. The van der Waals surface area contributed by atoms with Crippen LogP contribution in [0.4, 0.5) is 0 Å². The number of amides is 1. The van der Waals surface area contributed by atoms with Gasteiger partial charge in [0.15, 0.2) is 11.5 Å². The van der Waals surface area contributed by atoms with Gasteiger partial charge in [-0.3, -0.25) is 9.69 Å². The predicted octanol–water partition coefficient (Wildman–Crippen LogP) is 2.95. The summed E-state index contributed by atoms with van der Waals surface area (Å²) in [6, 6.07) is 18.2. The quantitative estimate of drug-likeness (QED) is 0.816. The van der Waals surface area contributed by atoms with Crippen LogP contribution in [0.3, 0.4) is 0 Å². The van der Waals surface area contributed by atoms with E-state index < -0.39 is 0 Å². The number of fused-ring (bicyclic) bond motifs is 1. The van der Waals surface area contributed by atoms with Crippen molar-refractivity contribution in [2.45, 2.75) is 25.5 Å². The van der Waals surface area contributed by atoms with Gasteiger partial charge >= 0.3 is 0 Å². The zero-order chi connectivity index (χ0) is 18.5. The van der Waals surface area contributed by atoms with E-state index in [9.17, 15) is 4.79 Å². The monoisotopic (exact) mass is 366 g/mol.